The smallest absolute Gasteiger partial charge is 0.153 e. The van der Waals surface area contributed by atoms with Crippen molar-refractivity contribution in [2.45, 2.75) is 20.8 Å². The topological polar surface area (TPSA) is 33.2 Å². The van der Waals surface area contributed by atoms with Gasteiger partial charge in [-0.25, -0.2) is 4.98 Å². The molecule has 0 saturated heterocycles. The molecule has 0 aromatic carbocycles. The third-order valence-electron chi connectivity index (χ3n) is 2.02. The van der Waals surface area contributed by atoms with E-state index in [2.05, 4.69) is 25.8 Å². The molecule has 1 rings (SSSR count). The maximum atomic E-state index is 10.8. The van der Waals surface area contributed by atoms with Gasteiger partial charge < -0.3 is 4.90 Å². The summed E-state index contributed by atoms with van der Waals surface area (Å²) in [7, 11) is 1.96. The molecule has 0 saturated carbocycles. The summed E-state index contributed by atoms with van der Waals surface area (Å²) in [5, 5.41) is 0. The largest absolute Gasteiger partial charge is 0.359 e. The van der Waals surface area contributed by atoms with Crippen LogP contribution < -0.4 is 4.90 Å². The minimum atomic E-state index is 0.187. The molecule has 82 valence electrons. The van der Waals surface area contributed by atoms with Crippen molar-refractivity contribution in [3.8, 4) is 0 Å². The van der Waals surface area contributed by atoms with Crippen LogP contribution in [0.1, 0.15) is 31.1 Å². The van der Waals surface area contributed by atoms with Crippen LogP contribution in [0.25, 0.3) is 0 Å². The minimum Gasteiger partial charge on any atom is -0.359 e. The predicted octanol–water partition coefficient (Wildman–Crippen LogP) is 2.38. The van der Waals surface area contributed by atoms with Gasteiger partial charge in [0.15, 0.2) is 6.29 Å². The number of nitrogens with zero attached hydrogens (tertiary/aromatic N) is 2. The van der Waals surface area contributed by atoms with Crippen molar-refractivity contribution in [2.75, 3.05) is 18.5 Å². The van der Waals surface area contributed by atoms with E-state index in [-0.39, 0.29) is 5.41 Å². The fourth-order valence-corrected chi connectivity index (χ4v) is 1.61. The van der Waals surface area contributed by atoms with Crippen molar-refractivity contribution in [1.82, 2.24) is 4.98 Å². The van der Waals surface area contributed by atoms with Crippen molar-refractivity contribution in [1.29, 1.82) is 0 Å². The van der Waals surface area contributed by atoms with Crippen molar-refractivity contribution >= 4 is 12.1 Å². The number of carbonyl (C=O) groups excluding carboxylic acids is 1. The predicted molar refractivity (Wildman–Crippen MR) is 62.3 cm³/mol. The van der Waals surface area contributed by atoms with Gasteiger partial charge in [-0.2, -0.15) is 0 Å². The van der Waals surface area contributed by atoms with Crippen molar-refractivity contribution in [3.63, 3.8) is 0 Å². The van der Waals surface area contributed by atoms with Crippen LogP contribution in [0, 0.1) is 5.41 Å². The number of hydrogen-bond donors (Lipinski definition) is 0. The maximum Gasteiger partial charge on any atom is 0.153 e. The van der Waals surface area contributed by atoms with Crippen LogP contribution in [0.15, 0.2) is 18.3 Å². The van der Waals surface area contributed by atoms with Crippen molar-refractivity contribution in [2.24, 2.45) is 5.41 Å². The Bertz CT molecular complexity index is 342. The summed E-state index contributed by atoms with van der Waals surface area (Å²) in [6.07, 6.45) is 2.56. The van der Waals surface area contributed by atoms with Gasteiger partial charge in [-0.1, -0.05) is 20.8 Å². The molecule has 0 spiro atoms. The molecule has 3 heteroatoms. The molecule has 0 N–H and O–H groups in total. The first-order valence-corrected chi connectivity index (χ1v) is 5.05. The van der Waals surface area contributed by atoms with E-state index in [0.717, 1.165) is 18.6 Å². The molecule has 0 radical (unpaired) electrons. The molecule has 1 aromatic heterocycles. The lowest BCUT2D eigenvalue weighted by Gasteiger charge is -2.28. The molecule has 0 atom stereocenters. The number of pyridine rings is 1. The van der Waals surface area contributed by atoms with E-state index in [1.807, 2.05) is 11.9 Å². The van der Waals surface area contributed by atoms with Gasteiger partial charge in [0, 0.05) is 19.8 Å². The number of aldehydes is 1. The van der Waals surface area contributed by atoms with E-state index in [1.54, 1.807) is 18.3 Å². The number of rotatable bonds is 3. The van der Waals surface area contributed by atoms with E-state index in [9.17, 15) is 4.79 Å². The second kappa shape index (κ2) is 4.43. The zero-order chi connectivity index (χ0) is 11.5. The summed E-state index contributed by atoms with van der Waals surface area (Å²) in [6.45, 7) is 7.35. The fourth-order valence-electron chi connectivity index (χ4n) is 1.61. The normalized spacial score (nSPS) is 11.2. The van der Waals surface area contributed by atoms with Gasteiger partial charge in [0.2, 0.25) is 0 Å². The van der Waals surface area contributed by atoms with E-state index in [0.29, 0.717) is 5.56 Å². The standard InChI is InChI=1S/C12H18N2O/c1-12(2,3)9-14(4)11-10(8-15)6-5-7-13-11/h5-8H,9H2,1-4H3. The first kappa shape index (κ1) is 11.7. The van der Waals surface area contributed by atoms with Crippen LogP contribution in [0.5, 0.6) is 0 Å². The zero-order valence-electron chi connectivity index (χ0n) is 9.82. The Morgan fingerprint density at radius 3 is 2.67 bits per heavy atom. The number of anilines is 1. The summed E-state index contributed by atoms with van der Waals surface area (Å²) in [6, 6.07) is 3.56. The van der Waals surface area contributed by atoms with E-state index in [1.165, 1.54) is 0 Å². The Morgan fingerprint density at radius 1 is 1.47 bits per heavy atom. The molecule has 15 heavy (non-hydrogen) atoms. The lowest BCUT2D eigenvalue weighted by Crippen LogP contribution is -2.30. The van der Waals surface area contributed by atoms with Crippen LogP contribution in [-0.2, 0) is 0 Å². The molecule has 1 heterocycles. The summed E-state index contributed by atoms with van der Waals surface area (Å²) >= 11 is 0. The number of hydrogen-bond acceptors (Lipinski definition) is 3. The molecule has 0 aliphatic rings. The van der Waals surface area contributed by atoms with Crippen LogP contribution in [0.4, 0.5) is 5.82 Å². The van der Waals surface area contributed by atoms with Gasteiger partial charge in [0.25, 0.3) is 0 Å². The van der Waals surface area contributed by atoms with Crippen molar-refractivity contribution in [3.05, 3.63) is 23.9 Å². The summed E-state index contributed by atoms with van der Waals surface area (Å²) in [4.78, 5) is 17.1. The number of carbonyl (C=O) groups is 1. The van der Waals surface area contributed by atoms with Gasteiger partial charge in [-0.15, -0.1) is 0 Å². The molecule has 1 aromatic rings. The first-order valence-electron chi connectivity index (χ1n) is 5.05. The van der Waals surface area contributed by atoms with Crippen LogP contribution in [0.3, 0.4) is 0 Å². The van der Waals surface area contributed by atoms with Crippen LogP contribution >= 0.6 is 0 Å². The molecular formula is C12H18N2O. The highest BCUT2D eigenvalue weighted by Crippen LogP contribution is 2.20. The lowest BCUT2D eigenvalue weighted by molar-refractivity contribution is 0.112. The zero-order valence-corrected chi connectivity index (χ0v) is 9.82. The molecule has 0 aliphatic carbocycles. The Hall–Kier alpha value is -1.38. The third kappa shape index (κ3) is 3.35. The Morgan fingerprint density at radius 2 is 2.13 bits per heavy atom. The summed E-state index contributed by atoms with van der Waals surface area (Å²) in [5.74, 6) is 0.752. The highest BCUT2D eigenvalue weighted by atomic mass is 16.1. The van der Waals surface area contributed by atoms with Crippen molar-refractivity contribution < 1.29 is 4.79 Å². The fraction of sp³-hybridized carbons (Fsp3) is 0.500. The van der Waals surface area contributed by atoms with Gasteiger partial charge in [-0.05, 0) is 17.5 Å². The molecule has 0 amide bonds. The lowest BCUT2D eigenvalue weighted by atomic mass is 9.96. The van der Waals surface area contributed by atoms with Crippen LogP contribution in [0.2, 0.25) is 0 Å². The number of aromatic nitrogens is 1. The van der Waals surface area contributed by atoms with Gasteiger partial charge in [0.05, 0.1) is 5.56 Å². The Labute approximate surface area is 91.1 Å². The minimum absolute atomic E-state index is 0.187. The van der Waals surface area contributed by atoms with E-state index >= 15 is 0 Å². The monoisotopic (exact) mass is 206 g/mol. The molecule has 3 nitrogen and oxygen atoms in total. The van der Waals surface area contributed by atoms with Crippen LogP contribution in [-0.4, -0.2) is 24.9 Å². The summed E-state index contributed by atoms with van der Waals surface area (Å²) < 4.78 is 0. The first-order chi connectivity index (χ1) is 6.94. The average Bonchev–Trinajstić information content (AvgIpc) is 2.15. The second-order valence-electron chi connectivity index (χ2n) is 4.95. The maximum absolute atomic E-state index is 10.8. The quantitative estimate of drug-likeness (QED) is 0.712. The average molecular weight is 206 g/mol. The molecule has 0 bridgehead atoms. The highest BCUT2D eigenvalue weighted by Gasteiger charge is 2.16. The highest BCUT2D eigenvalue weighted by molar-refractivity contribution is 5.82. The Balaban J connectivity index is 2.90. The summed E-state index contributed by atoms with van der Waals surface area (Å²) in [5.41, 5.74) is 0.830. The van der Waals surface area contributed by atoms with Gasteiger partial charge in [-0.3, -0.25) is 4.79 Å². The van der Waals surface area contributed by atoms with Gasteiger partial charge >= 0.3 is 0 Å². The van der Waals surface area contributed by atoms with Gasteiger partial charge in [0.1, 0.15) is 5.82 Å². The molecule has 0 fully saturated rings. The molecular weight excluding hydrogens is 188 g/mol. The second-order valence-corrected chi connectivity index (χ2v) is 4.95. The molecule has 0 aliphatic heterocycles. The molecule has 0 unspecified atom stereocenters. The van der Waals surface area contributed by atoms with E-state index < -0.39 is 0 Å². The SMILES string of the molecule is CN(CC(C)(C)C)c1ncccc1C=O. The third-order valence-corrected chi connectivity index (χ3v) is 2.02. The van der Waals surface area contributed by atoms with E-state index in [4.69, 9.17) is 0 Å². The Kier molecular flexibility index (Phi) is 3.45.